The molecule has 0 unspecified atom stereocenters. The Morgan fingerprint density at radius 2 is 2.25 bits per heavy atom. The number of ether oxygens (including phenoxy) is 2. The lowest BCUT2D eigenvalue weighted by molar-refractivity contribution is -0.119. The molecule has 24 heavy (non-hydrogen) atoms. The van der Waals surface area contributed by atoms with Crippen LogP contribution in [0, 0.1) is 0 Å². The lowest BCUT2D eigenvalue weighted by Gasteiger charge is -2.30. The molecule has 1 aliphatic heterocycles. The smallest absolute Gasteiger partial charge is 0.240 e. The van der Waals surface area contributed by atoms with E-state index >= 15 is 0 Å². The third-order valence-corrected chi connectivity index (χ3v) is 4.59. The number of hydrogen-bond acceptors (Lipinski definition) is 6. The van der Waals surface area contributed by atoms with E-state index in [9.17, 15) is 4.79 Å². The highest BCUT2D eigenvalue weighted by atomic mass is 32.1. The second-order valence-corrected chi connectivity index (χ2v) is 6.59. The maximum Gasteiger partial charge on any atom is 0.240 e. The molecule has 1 atom stereocenters. The number of hydrogen-bond donors (Lipinski definition) is 1. The van der Waals surface area contributed by atoms with Gasteiger partial charge in [0.2, 0.25) is 5.91 Å². The van der Waals surface area contributed by atoms with E-state index in [-0.39, 0.29) is 12.0 Å². The first-order valence-corrected chi connectivity index (χ1v) is 8.76. The van der Waals surface area contributed by atoms with Crippen LogP contribution in [0.15, 0.2) is 29.6 Å². The number of benzene rings is 1. The summed E-state index contributed by atoms with van der Waals surface area (Å²) in [4.78, 5) is 18.8. The number of rotatable bonds is 5. The fourth-order valence-corrected chi connectivity index (χ4v) is 3.36. The summed E-state index contributed by atoms with van der Waals surface area (Å²) in [7, 11) is 1.64. The highest BCUT2D eigenvalue weighted by Gasteiger charge is 2.19. The Balaban J connectivity index is 1.57. The summed E-state index contributed by atoms with van der Waals surface area (Å²) in [5.41, 5.74) is 1.84. The Bertz CT molecular complexity index is 687. The van der Waals surface area contributed by atoms with E-state index in [2.05, 4.69) is 15.2 Å². The van der Waals surface area contributed by atoms with Crippen molar-refractivity contribution in [2.75, 3.05) is 38.7 Å². The van der Waals surface area contributed by atoms with Crippen molar-refractivity contribution in [2.45, 2.75) is 13.0 Å². The van der Waals surface area contributed by atoms with Crippen LogP contribution in [0.3, 0.4) is 0 Å². The van der Waals surface area contributed by atoms with Gasteiger partial charge in [-0.25, -0.2) is 4.98 Å². The maximum atomic E-state index is 12.2. The SMILES string of the molecule is COc1ccc(-c2csc(NC(=O)CN3CCO[C@H](C)C3)n2)cc1. The lowest BCUT2D eigenvalue weighted by Crippen LogP contribution is -2.44. The highest BCUT2D eigenvalue weighted by molar-refractivity contribution is 7.14. The van der Waals surface area contributed by atoms with E-state index < -0.39 is 0 Å². The van der Waals surface area contributed by atoms with Crippen LogP contribution >= 0.6 is 11.3 Å². The van der Waals surface area contributed by atoms with Gasteiger partial charge in [-0.2, -0.15) is 0 Å². The largest absolute Gasteiger partial charge is 0.497 e. The summed E-state index contributed by atoms with van der Waals surface area (Å²) in [6.45, 7) is 4.62. The van der Waals surface area contributed by atoms with Gasteiger partial charge in [0.15, 0.2) is 5.13 Å². The Morgan fingerprint density at radius 3 is 2.96 bits per heavy atom. The topological polar surface area (TPSA) is 63.7 Å². The summed E-state index contributed by atoms with van der Waals surface area (Å²) in [6, 6.07) is 7.70. The van der Waals surface area contributed by atoms with E-state index in [0.29, 0.717) is 18.3 Å². The van der Waals surface area contributed by atoms with E-state index in [1.54, 1.807) is 7.11 Å². The van der Waals surface area contributed by atoms with Crippen molar-refractivity contribution in [3.63, 3.8) is 0 Å². The molecule has 7 heteroatoms. The van der Waals surface area contributed by atoms with Crippen molar-refractivity contribution in [1.29, 1.82) is 0 Å². The van der Waals surface area contributed by atoms with Crippen LogP contribution in [0.2, 0.25) is 0 Å². The normalized spacial score (nSPS) is 18.3. The molecule has 0 saturated carbocycles. The molecule has 1 saturated heterocycles. The van der Waals surface area contributed by atoms with Crippen molar-refractivity contribution in [3.8, 4) is 17.0 Å². The van der Waals surface area contributed by atoms with Gasteiger partial charge in [-0.3, -0.25) is 9.69 Å². The molecule has 0 aliphatic carbocycles. The van der Waals surface area contributed by atoms with Gasteiger partial charge in [0.25, 0.3) is 0 Å². The summed E-state index contributed by atoms with van der Waals surface area (Å²) in [6.07, 6.45) is 0.174. The third-order valence-electron chi connectivity index (χ3n) is 3.83. The number of nitrogens with zero attached hydrogens (tertiary/aromatic N) is 2. The predicted molar refractivity (Wildman–Crippen MR) is 94.6 cm³/mol. The summed E-state index contributed by atoms with van der Waals surface area (Å²) < 4.78 is 10.6. The summed E-state index contributed by atoms with van der Waals surface area (Å²) >= 11 is 1.43. The molecule has 1 aliphatic rings. The van der Waals surface area contributed by atoms with Crippen molar-refractivity contribution < 1.29 is 14.3 Å². The minimum absolute atomic E-state index is 0.0419. The van der Waals surface area contributed by atoms with Crippen LogP contribution in [0.5, 0.6) is 5.75 Å². The van der Waals surface area contributed by atoms with Crippen LogP contribution in [0.25, 0.3) is 11.3 Å². The van der Waals surface area contributed by atoms with Crippen molar-refractivity contribution in [3.05, 3.63) is 29.6 Å². The van der Waals surface area contributed by atoms with Gasteiger partial charge in [-0.15, -0.1) is 11.3 Å². The minimum atomic E-state index is -0.0419. The third kappa shape index (κ3) is 4.31. The molecule has 3 rings (SSSR count). The Hall–Kier alpha value is -1.96. The van der Waals surface area contributed by atoms with Crippen LogP contribution in [0.1, 0.15) is 6.92 Å². The predicted octanol–water partition coefficient (Wildman–Crippen LogP) is 2.48. The highest BCUT2D eigenvalue weighted by Crippen LogP contribution is 2.26. The van der Waals surface area contributed by atoms with Crippen LogP contribution < -0.4 is 10.1 Å². The second kappa shape index (κ2) is 7.74. The summed E-state index contributed by atoms with van der Waals surface area (Å²) in [5.74, 6) is 0.766. The summed E-state index contributed by atoms with van der Waals surface area (Å²) in [5, 5.41) is 5.43. The van der Waals surface area contributed by atoms with E-state index in [0.717, 1.165) is 30.1 Å². The van der Waals surface area contributed by atoms with E-state index in [1.165, 1.54) is 11.3 Å². The second-order valence-electron chi connectivity index (χ2n) is 5.73. The monoisotopic (exact) mass is 347 g/mol. The van der Waals surface area contributed by atoms with Gasteiger partial charge in [0.1, 0.15) is 5.75 Å². The molecule has 1 aromatic heterocycles. The zero-order valence-corrected chi connectivity index (χ0v) is 14.6. The average molecular weight is 347 g/mol. The number of aromatic nitrogens is 1. The van der Waals surface area contributed by atoms with Gasteiger partial charge in [-0.05, 0) is 31.2 Å². The zero-order valence-electron chi connectivity index (χ0n) is 13.8. The van der Waals surface area contributed by atoms with Crippen LogP contribution in [0.4, 0.5) is 5.13 Å². The number of morpholine rings is 1. The number of amides is 1. The minimum Gasteiger partial charge on any atom is -0.497 e. The van der Waals surface area contributed by atoms with Crippen molar-refractivity contribution in [2.24, 2.45) is 0 Å². The first-order chi connectivity index (χ1) is 11.6. The average Bonchev–Trinajstić information content (AvgIpc) is 3.03. The molecule has 0 bridgehead atoms. The van der Waals surface area contributed by atoms with Crippen molar-refractivity contribution in [1.82, 2.24) is 9.88 Å². The van der Waals surface area contributed by atoms with Gasteiger partial charge in [-0.1, -0.05) is 0 Å². The van der Waals surface area contributed by atoms with E-state index in [4.69, 9.17) is 9.47 Å². The van der Waals surface area contributed by atoms with E-state index in [1.807, 2.05) is 36.6 Å². The lowest BCUT2D eigenvalue weighted by atomic mass is 10.2. The number of methoxy groups -OCH3 is 1. The molecule has 1 N–H and O–H groups in total. The fourth-order valence-electron chi connectivity index (χ4n) is 2.62. The maximum absolute atomic E-state index is 12.2. The Morgan fingerprint density at radius 1 is 1.46 bits per heavy atom. The molecule has 1 amide bonds. The standard InChI is InChI=1S/C17H21N3O3S/c1-12-9-20(7-8-23-12)10-16(21)19-17-18-15(11-24-17)13-3-5-14(22-2)6-4-13/h3-6,11-12H,7-10H2,1-2H3,(H,18,19,21)/t12-/m1/s1. The molecular weight excluding hydrogens is 326 g/mol. The van der Waals surface area contributed by atoms with Gasteiger partial charge >= 0.3 is 0 Å². The number of nitrogens with one attached hydrogen (secondary N) is 1. The fraction of sp³-hybridized carbons (Fsp3) is 0.412. The van der Waals surface area contributed by atoms with Gasteiger partial charge < -0.3 is 14.8 Å². The molecule has 1 aromatic carbocycles. The van der Waals surface area contributed by atoms with Crippen molar-refractivity contribution >= 4 is 22.4 Å². The first kappa shape index (κ1) is 16.9. The number of anilines is 1. The Labute approximate surface area is 145 Å². The molecular formula is C17H21N3O3S. The molecule has 0 radical (unpaired) electrons. The van der Waals surface area contributed by atoms with Gasteiger partial charge in [0, 0.05) is 24.0 Å². The molecule has 2 aromatic rings. The Kier molecular flexibility index (Phi) is 5.44. The molecule has 0 spiro atoms. The molecule has 2 heterocycles. The zero-order chi connectivity index (χ0) is 16.9. The molecule has 6 nitrogen and oxygen atoms in total. The first-order valence-electron chi connectivity index (χ1n) is 7.88. The quantitative estimate of drug-likeness (QED) is 0.900. The van der Waals surface area contributed by atoms with Crippen LogP contribution in [-0.4, -0.2) is 55.2 Å². The number of carbonyl (C=O) groups excluding carboxylic acids is 1. The van der Waals surface area contributed by atoms with Gasteiger partial charge in [0.05, 0.1) is 32.1 Å². The molecule has 128 valence electrons. The van der Waals surface area contributed by atoms with Crippen LogP contribution in [-0.2, 0) is 9.53 Å². The number of carbonyl (C=O) groups is 1. The number of thiazole rings is 1. The molecule has 1 fully saturated rings.